The maximum atomic E-state index is 13.7. The molecule has 0 aliphatic rings. The third-order valence-electron chi connectivity index (χ3n) is 3.66. The Kier molecular flexibility index (Phi) is 3.93. The van der Waals surface area contributed by atoms with Crippen LogP contribution in [0.15, 0.2) is 48.7 Å². The fraction of sp³-hybridized carbons (Fsp3) is 0.111. The zero-order valence-electron chi connectivity index (χ0n) is 12.5. The minimum Gasteiger partial charge on any atom is -0.337 e. The minimum atomic E-state index is -0.477. The predicted molar refractivity (Wildman–Crippen MR) is 87.1 cm³/mol. The SMILES string of the molecule is Cc1ccc(F)c(NC(=O)Cn2cc(C=O)c3ccccc32)c1. The zero-order valence-corrected chi connectivity index (χ0v) is 12.5. The molecule has 1 heterocycles. The maximum Gasteiger partial charge on any atom is 0.244 e. The van der Waals surface area contributed by atoms with E-state index in [-0.39, 0.29) is 18.1 Å². The maximum absolute atomic E-state index is 13.7. The Bertz CT molecular complexity index is 899. The molecule has 4 nitrogen and oxygen atoms in total. The smallest absolute Gasteiger partial charge is 0.244 e. The van der Waals surface area contributed by atoms with Crippen molar-refractivity contribution in [2.24, 2.45) is 0 Å². The standard InChI is InChI=1S/C18H15FN2O2/c1-12-6-7-15(19)16(8-12)20-18(23)10-21-9-13(11-22)14-4-2-3-5-17(14)21/h2-9,11H,10H2,1H3,(H,20,23). The predicted octanol–water partition coefficient (Wildman–Crippen LogP) is 3.54. The van der Waals surface area contributed by atoms with E-state index in [0.717, 1.165) is 22.8 Å². The van der Waals surface area contributed by atoms with Crippen LogP contribution in [0.4, 0.5) is 10.1 Å². The molecule has 23 heavy (non-hydrogen) atoms. The first-order chi connectivity index (χ1) is 11.1. The van der Waals surface area contributed by atoms with Gasteiger partial charge in [-0.1, -0.05) is 24.3 Å². The number of aromatic nitrogens is 1. The van der Waals surface area contributed by atoms with Gasteiger partial charge in [0.15, 0.2) is 6.29 Å². The molecule has 3 rings (SSSR count). The Balaban J connectivity index is 1.86. The molecule has 0 unspecified atom stereocenters. The Morgan fingerprint density at radius 2 is 2.04 bits per heavy atom. The highest BCUT2D eigenvalue weighted by Crippen LogP contribution is 2.20. The number of para-hydroxylation sites is 1. The van der Waals surface area contributed by atoms with E-state index in [9.17, 15) is 14.0 Å². The second-order valence-electron chi connectivity index (χ2n) is 5.38. The highest BCUT2D eigenvalue weighted by molar-refractivity contribution is 5.99. The average Bonchev–Trinajstić information content (AvgIpc) is 2.89. The van der Waals surface area contributed by atoms with Gasteiger partial charge in [-0.15, -0.1) is 0 Å². The monoisotopic (exact) mass is 310 g/mol. The van der Waals surface area contributed by atoms with E-state index in [1.807, 2.05) is 31.2 Å². The van der Waals surface area contributed by atoms with Gasteiger partial charge in [-0.3, -0.25) is 9.59 Å². The van der Waals surface area contributed by atoms with Gasteiger partial charge in [-0.05, 0) is 30.7 Å². The number of hydrogen-bond donors (Lipinski definition) is 1. The normalized spacial score (nSPS) is 10.7. The Morgan fingerprint density at radius 3 is 2.83 bits per heavy atom. The van der Waals surface area contributed by atoms with Gasteiger partial charge >= 0.3 is 0 Å². The molecule has 1 amide bonds. The number of benzene rings is 2. The lowest BCUT2D eigenvalue weighted by Crippen LogP contribution is -2.19. The van der Waals surface area contributed by atoms with E-state index in [4.69, 9.17) is 0 Å². The molecule has 0 radical (unpaired) electrons. The summed E-state index contributed by atoms with van der Waals surface area (Å²) >= 11 is 0. The number of carbonyl (C=O) groups is 2. The van der Waals surface area contributed by atoms with Crippen LogP contribution < -0.4 is 5.32 Å². The first kappa shape index (κ1) is 15.0. The molecule has 0 saturated heterocycles. The van der Waals surface area contributed by atoms with Crippen molar-refractivity contribution < 1.29 is 14.0 Å². The van der Waals surface area contributed by atoms with Crippen LogP contribution in [0.2, 0.25) is 0 Å². The lowest BCUT2D eigenvalue weighted by molar-refractivity contribution is -0.116. The third kappa shape index (κ3) is 2.99. The number of nitrogens with one attached hydrogen (secondary N) is 1. The molecule has 0 aliphatic heterocycles. The van der Waals surface area contributed by atoms with Gasteiger partial charge in [0.05, 0.1) is 5.69 Å². The molecule has 3 aromatic rings. The number of hydrogen-bond acceptors (Lipinski definition) is 2. The van der Waals surface area contributed by atoms with Crippen molar-refractivity contribution >= 4 is 28.8 Å². The zero-order chi connectivity index (χ0) is 16.4. The summed E-state index contributed by atoms with van der Waals surface area (Å²) in [5.41, 5.74) is 2.32. The summed E-state index contributed by atoms with van der Waals surface area (Å²) in [5, 5.41) is 3.36. The van der Waals surface area contributed by atoms with Crippen LogP contribution in [0, 0.1) is 12.7 Å². The minimum absolute atomic E-state index is 0.00172. The van der Waals surface area contributed by atoms with Crippen molar-refractivity contribution in [3.05, 3.63) is 65.6 Å². The van der Waals surface area contributed by atoms with Crippen LogP contribution in [0.3, 0.4) is 0 Å². The molecule has 0 saturated carbocycles. The highest BCUT2D eigenvalue weighted by atomic mass is 19.1. The summed E-state index contributed by atoms with van der Waals surface area (Å²) in [5.74, 6) is -0.831. The number of nitrogens with zero attached hydrogens (tertiary/aromatic N) is 1. The molecule has 2 aromatic carbocycles. The molecule has 0 fully saturated rings. The molecule has 0 spiro atoms. The van der Waals surface area contributed by atoms with Crippen molar-refractivity contribution in [1.29, 1.82) is 0 Å². The summed E-state index contributed by atoms with van der Waals surface area (Å²) in [6, 6.07) is 11.9. The Hall–Kier alpha value is -2.95. The largest absolute Gasteiger partial charge is 0.337 e. The number of amides is 1. The molecule has 1 N–H and O–H groups in total. The Labute approximate surface area is 132 Å². The van der Waals surface area contributed by atoms with Gasteiger partial charge in [-0.25, -0.2) is 4.39 Å². The van der Waals surface area contributed by atoms with Crippen LogP contribution in [-0.4, -0.2) is 16.8 Å². The first-order valence-corrected chi connectivity index (χ1v) is 7.17. The second kappa shape index (κ2) is 6.04. The summed E-state index contributed by atoms with van der Waals surface area (Å²) in [6.45, 7) is 1.83. The molecule has 1 aromatic heterocycles. The fourth-order valence-electron chi connectivity index (χ4n) is 2.58. The number of fused-ring (bicyclic) bond motifs is 1. The molecular formula is C18H15FN2O2. The molecule has 116 valence electrons. The van der Waals surface area contributed by atoms with Crippen molar-refractivity contribution in [2.75, 3.05) is 5.32 Å². The summed E-state index contributed by atoms with van der Waals surface area (Å²) < 4.78 is 15.4. The van der Waals surface area contributed by atoms with E-state index < -0.39 is 5.82 Å². The van der Waals surface area contributed by atoms with Crippen molar-refractivity contribution in [3.63, 3.8) is 0 Å². The number of aldehydes is 1. The molecule has 0 aliphatic carbocycles. The quantitative estimate of drug-likeness (QED) is 0.749. The van der Waals surface area contributed by atoms with Gasteiger partial charge in [0, 0.05) is 22.7 Å². The van der Waals surface area contributed by atoms with Crippen LogP contribution in [0.25, 0.3) is 10.9 Å². The summed E-state index contributed by atoms with van der Waals surface area (Å²) in [7, 11) is 0. The van der Waals surface area contributed by atoms with Crippen molar-refractivity contribution in [1.82, 2.24) is 4.57 Å². The highest BCUT2D eigenvalue weighted by Gasteiger charge is 2.12. The van der Waals surface area contributed by atoms with Gasteiger partial charge in [0.1, 0.15) is 12.4 Å². The van der Waals surface area contributed by atoms with Crippen LogP contribution in [-0.2, 0) is 11.3 Å². The molecule has 0 atom stereocenters. The third-order valence-corrected chi connectivity index (χ3v) is 3.66. The van der Waals surface area contributed by atoms with E-state index in [0.29, 0.717) is 5.56 Å². The van der Waals surface area contributed by atoms with E-state index >= 15 is 0 Å². The summed E-state index contributed by atoms with van der Waals surface area (Å²) in [6.07, 6.45) is 2.39. The van der Waals surface area contributed by atoms with Gasteiger partial charge in [-0.2, -0.15) is 0 Å². The lowest BCUT2D eigenvalue weighted by Gasteiger charge is -2.09. The number of anilines is 1. The van der Waals surface area contributed by atoms with Crippen LogP contribution in [0.5, 0.6) is 0 Å². The molecule has 5 heteroatoms. The second-order valence-corrected chi connectivity index (χ2v) is 5.38. The number of halogens is 1. The van der Waals surface area contributed by atoms with Gasteiger partial charge < -0.3 is 9.88 Å². The van der Waals surface area contributed by atoms with E-state index in [2.05, 4.69) is 5.32 Å². The lowest BCUT2D eigenvalue weighted by atomic mass is 10.2. The van der Waals surface area contributed by atoms with Gasteiger partial charge in [0.25, 0.3) is 0 Å². The van der Waals surface area contributed by atoms with E-state index in [1.54, 1.807) is 22.9 Å². The number of carbonyl (C=O) groups excluding carboxylic acids is 2. The van der Waals surface area contributed by atoms with Gasteiger partial charge in [0.2, 0.25) is 5.91 Å². The first-order valence-electron chi connectivity index (χ1n) is 7.17. The van der Waals surface area contributed by atoms with Crippen LogP contribution in [0.1, 0.15) is 15.9 Å². The van der Waals surface area contributed by atoms with Crippen molar-refractivity contribution in [3.8, 4) is 0 Å². The Morgan fingerprint density at radius 1 is 1.26 bits per heavy atom. The average molecular weight is 310 g/mol. The molecular weight excluding hydrogens is 295 g/mol. The molecule has 0 bridgehead atoms. The van der Waals surface area contributed by atoms with Crippen molar-refractivity contribution in [2.45, 2.75) is 13.5 Å². The summed E-state index contributed by atoms with van der Waals surface area (Å²) in [4.78, 5) is 23.3. The van der Waals surface area contributed by atoms with Crippen LogP contribution >= 0.6 is 0 Å². The fourth-order valence-corrected chi connectivity index (χ4v) is 2.58. The number of rotatable bonds is 4. The number of aryl methyl sites for hydroxylation is 1. The topological polar surface area (TPSA) is 51.1 Å². The van der Waals surface area contributed by atoms with E-state index in [1.165, 1.54) is 6.07 Å².